The number of hydrogen-bond donors (Lipinski definition) is 2. The summed E-state index contributed by atoms with van der Waals surface area (Å²) in [4.78, 5) is 23.0. The van der Waals surface area contributed by atoms with Crippen LogP contribution in [-0.2, 0) is 22.6 Å². The van der Waals surface area contributed by atoms with Gasteiger partial charge < -0.3 is 24.3 Å². The van der Waals surface area contributed by atoms with E-state index in [0.29, 0.717) is 19.6 Å². The van der Waals surface area contributed by atoms with Crippen LogP contribution in [0.5, 0.6) is 11.5 Å². The minimum absolute atomic E-state index is 0.136. The molecule has 1 aliphatic rings. The number of ether oxygens (including phenoxy) is 2. The lowest BCUT2D eigenvalue weighted by Gasteiger charge is -2.11. The van der Waals surface area contributed by atoms with Crippen LogP contribution in [0.2, 0.25) is 0 Å². The Morgan fingerprint density at radius 1 is 0.805 bits per heavy atom. The molecule has 1 aromatic heterocycles. The Labute approximate surface area is 239 Å². The van der Waals surface area contributed by atoms with Crippen molar-refractivity contribution in [2.24, 2.45) is 5.41 Å². The topological polar surface area (TPSA) is 98.0 Å². The van der Waals surface area contributed by atoms with Gasteiger partial charge in [-0.05, 0) is 77.8 Å². The molecule has 1 fully saturated rings. The molecule has 0 radical (unpaired) electrons. The Bertz CT molecular complexity index is 1560. The third-order valence-corrected chi connectivity index (χ3v) is 7.30. The Morgan fingerprint density at radius 3 is 2.12 bits per heavy atom. The van der Waals surface area contributed by atoms with Gasteiger partial charge in [0.05, 0.1) is 11.9 Å². The minimum atomic E-state index is -0.923. The summed E-state index contributed by atoms with van der Waals surface area (Å²) in [6, 6.07) is 23.3. The van der Waals surface area contributed by atoms with E-state index in [2.05, 4.69) is 0 Å². The summed E-state index contributed by atoms with van der Waals surface area (Å²) in [5.41, 5.74) is 3.50. The molecule has 5 rings (SSSR count). The fourth-order valence-corrected chi connectivity index (χ4v) is 5.13. The molecule has 0 bridgehead atoms. The van der Waals surface area contributed by atoms with Gasteiger partial charge in [-0.1, -0.05) is 60.7 Å². The zero-order valence-corrected chi connectivity index (χ0v) is 22.7. The maximum absolute atomic E-state index is 11.6. The second kappa shape index (κ2) is 12.6. The molecule has 7 nitrogen and oxygen atoms in total. The molecule has 4 aromatic rings. The monoisotopic (exact) mass is 551 g/mol. The number of hydrogen-bond acceptors (Lipinski definition) is 4. The van der Waals surface area contributed by atoms with E-state index in [4.69, 9.17) is 9.47 Å². The van der Waals surface area contributed by atoms with Crippen LogP contribution in [0.15, 0.2) is 91.1 Å². The fraction of sp³-hybridized carbons (Fsp3) is 0.235. The minimum Gasteiger partial charge on any atom is -0.490 e. The van der Waals surface area contributed by atoms with Crippen LogP contribution in [-0.4, -0.2) is 39.9 Å². The van der Waals surface area contributed by atoms with Crippen LogP contribution < -0.4 is 9.47 Å². The molecule has 2 N–H and O–H groups in total. The number of benzene rings is 3. The third-order valence-electron chi connectivity index (χ3n) is 7.30. The average Bonchev–Trinajstić information content (AvgIpc) is 3.62. The summed E-state index contributed by atoms with van der Waals surface area (Å²) < 4.78 is 13.2. The SMILES string of the molecule is O=C(O)Cn1cc(CC2(CC(=O)O)CC2)c2cccc(C=Cc3ccc(OC/C=C/COc4ccccc4)cc3)c21. The first-order valence-electron chi connectivity index (χ1n) is 13.7. The van der Waals surface area contributed by atoms with Crippen molar-refractivity contribution in [2.75, 3.05) is 13.2 Å². The van der Waals surface area contributed by atoms with Gasteiger partial charge in [-0.3, -0.25) is 9.59 Å². The van der Waals surface area contributed by atoms with Crippen LogP contribution in [0.4, 0.5) is 0 Å². The van der Waals surface area contributed by atoms with E-state index < -0.39 is 11.9 Å². The van der Waals surface area contributed by atoms with Gasteiger partial charge in [-0.25, -0.2) is 0 Å². The van der Waals surface area contributed by atoms with Gasteiger partial charge in [-0.2, -0.15) is 0 Å². The van der Waals surface area contributed by atoms with Gasteiger partial charge in [0.15, 0.2) is 0 Å². The second-order valence-electron chi connectivity index (χ2n) is 10.5. The Morgan fingerprint density at radius 2 is 1.49 bits per heavy atom. The van der Waals surface area contributed by atoms with E-state index in [1.807, 2.05) is 103 Å². The van der Waals surface area contributed by atoms with Gasteiger partial charge in [0, 0.05) is 11.6 Å². The first kappa shape index (κ1) is 27.8. The molecule has 3 aromatic carbocycles. The van der Waals surface area contributed by atoms with Crippen molar-refractivity contribution in [2.45, 2.75) is 32.2 Å². The summed E-state index contributed by atoms with van der Waals surface area (Å²) in [6.07, 6.45) is 12.2. The molecule has 1 heterocycles. The molecular formula is C34H33NO6. The first-order valence-corrected chi connectivity index (χ1v) is 13.7. The molecule has 41 heavy (non-hydrogen) atoms. The number of aliphatic carboxylic acids is 2. The fourth-order valence-electron chi connectivity index (χ4n) is 5.13. The molecule has 0 atom stereocenters. The predicted octanol–water partition coefficient (Wildman–Crippen LogP) is 6.71. The number of para-hydroxylation sites is 2. The Hall–Kier alpha value is -4.78. The van der Waals surface area contributed by atoms with Gasteiger partial charge in [-0.15, -0.1) is 0 Å². The van der Waals surface area contributed by atoms with E-state index in [1.165, 1.54) is 0 Å². The smallest absolute Gasteiger partial charge is 0.323 e. The number of fused-ring (bicyclic) bond motifs is 1. The van der Waals surface area contributed by atoms with Crippen molar-refractivity contribution in [1.82, 2.24) is 4.57 Å². The average molecular weight is 552 g/mol. The van der Waals surface area contributed by atoms with E-state index in [-0.39, 0.29) is 18.4 Å². The highest BCUT2D eigenvalue weighted by atomic mass is 16.5. The molecule has 210 valence electrons. The zero-order valence-electron chi connectivity index (χ0n) is 22.7. The van der Waals surface area contributed by atoms with Crippen molar-refractivity contribution in [3.05, 3.63) is 108 Å². The van der Waals surface area contributed by atoms with Crippen molar-refractivity contribution in [1.29, 1.82) is 0 Å². The Balaban J connectivity index is 1.24. The molecule has 1 saturated carbocycles. The summed E-state index contributed by atoms with van der Waals surface area (Å²) in [6.45, 7) is 0.753. The highest BCUT2D eigenvalue weighted by Gasteiger charge is 2.44. The maximum atomic E-state index is 11.6. The quantitative estimate of drug-likeness (QED) is 0.134. The molecule has 0 aliphatic heterocycles. The molecule has 0 unspecified atom stereocenters. The lowest BCUT2D eigenvalue weighted by Crippen LogP contribution is -2.11. The van der Waals surface area contributed by atoms with E-state index in [0.717, 1.165) is 51.9 Å². The standard InChI is InChI=1S/C34H33NO6/c36-31(37)22-34(17-18-34)21-27-23-35(24-32(38)39)33-26(7-6-10-30(27)33)14-11-25-12-15-29(16-13-25)41-20-5-4-19-40-28-8-2-1-3-9-28/h1-16,23H,17-22,24H2,(H,36,37)(H,38,39)/b5-4+,14-11?. The summed E-state index contributed by atoms with van der Waals surface area (Å²) >= 11 is 0. The lowest BCUT2D eigenvalue weighted by atomic mass is 9.92. The van der Waals surface area contributed by atoms with Crippen LogP contribution in [0, 0.1) is 5.41 Å². The number of rotatable bonds is 14. The summed E-state index contributed by atoms with van der Waals surface area (Å²) in [7, 11) is 0. The number of carboxylic acid groups (broad SMARTS) is 2. The molecular weight excluding hydrogens is 518 g/mol. The molecule has 0 amide bonds. The number of nitrogens with zero attached hydrogens (tertiary/aromatic N) is 1. The van der Waals surface area contributed by atoms with Crippen LogP contribution in [0.25, 0.3) is 23.1 Å². The van der Waals surface area contributed by atoms with Crippen molar-refractivity contribution in [3.63, 3.8) is 0 Å². The molecule has 0 saturated heterocycles. The molecule has 7 heteroatoms. The van der Waals surface area contributed by atoms with E-state index in [9.17, 15) is 19.8 Å². The second-order valence-corrected chi connectivity index (χ2v) is 10.5. The highest BCUT2D eigenvalue weighted by Crippen LogP contribution is 2.52. The van der Waals surface area contributed by atoms with Gasteiger partial charge in [0.1, 0.15) is 31.3 Å². The lowest BCUT2D eigenvalue weighted by molar-refractivity contribution is -0.139. The van der Waals surface area contributed by atoms with Crippen LogP contribution >= 0.6 is 0 Å². The maximum Gasteiger partial charge on any atom is 0.323 e. The normalized spacial score (nSPS) is 14.0. The third kappa shape index (κ3) is 7.45. The highest BCUT2D eigenvalue weighted by molar-refractivity contribution is 5.94. The molecule has 0 spiro atoms. The number of carboxylic acids is 2. The van der Waals surface area contributed by atoms with E-state index in [1.54, 1.807) is 4.57 Å². The van der Waals surface area contributed by atoms with E-state index >= 15 is 0 Å². The largest absolute Gasteiger partial charge is 0.490 e. The van der Waals surface area contributed by atoms with Crippen molar-refractivity contribution >= 4 is 35.0 Å². The van der Waals surface area contributed by atoms with Crippen LogP contribution in [0.3, 0.4) is 0 Å². The Kier molecular flexibility index (Phi) is 8.53. The van der Waals surface area contributed by atoms with Crippen LogP contribution in [0.1, 0.15) is 36.0 Å². The summed E-state index contributed by atoms with van der Waals surface area (Å²) in [5.74, 6) is -0.126. The number of carbonyl (C=O) groups is 2. The van der Waals surface area contributed by atoms with Gasteiger partial charge >= 0.3 is 11.9 Å². The summed E-state index contributed by atoms with van der Waals surface area (Å²) in [5, 5.41) is 19.9. The predicted molar refractivity (Wildman–Crippen MR) is 159 cm³/mol. The zero-order chi connectivity index (χ0) is 28.7. The van der Waals surface area contributed by atoms with Gasteiger partial charge in [0.2, 0.25) is 0 Å². The van der Waals surface area contributed by atoms with Crippen molar-refractivity contribution in [3.8, 4) is 11.5 Å². The van der Waals surface area contributed by atoms with Crippen molar-refractivity contribution < 1.29 is 29.3 Å². The number of aromatic nitrogens is 1. The van der Waals surface area contributed by atoms with Gasteiger partial charge in [0.25, 0.3) is 0 Å². The first-order chi connectivity index (χ1) is 19.9. The molecule has 1 aliphatic carbocycles.